The van der Waals surface area contributed by atoms with Crippen LogP contribution in [0.15, 0.2) is 42.7 Å². The number of hydrogen-bond donors (Lipinski definition) is 1. The number of benzene rings is 1. The van der Waals surface area contributed by atoms with E-state index in [2.05, 4.69) is 15.3 Å². The number of anilines is 1. The Hall–Kier alpha value is -2.84. The number of aromatic nitrogens is 2. The Labute approximate surface area is 154 Å². The van der Waals surface area contributed by atoms with Crippen LogP contribution in [0.25, 0.3) is 0 Å². The number of hydrogen-bond acceptors (Lipinski definition) is 4. The van der Waals surface area contributed by atoms with Crippen LogP contribution in [0.3, 0.4) is 0 Å². The third kappa shape index (κ3) is 4.12. The van der Waals surface area contributed by atoms with Crippen LogP contribution in [0.1, 0.15) is 20.3 Å². The highest BCUT2D eigenvalue weighted by Crippen LogP contribution is 2.44. The van der Waals surface area contributed by atoms with Gasteiger partial charge >= 0.3 is 18.2 Å². The van der Waals surface area contributed by atoms with E-state index in [0.29, 0.717) is 11.4 Å². The normalized spacial score (nSPS) is 19.0. The molecule has 27 heavy (non-hydrogen) atoms. The number of carbonyl (C=O) groups excluding carboxylic acids is 1. The van der Waals surface area contributed by atoms with Crippen molar-refractivity contribution in [2.45, 2.75) is 32.0 Å². The molecule has 2 amide bonds. The maximum Gasteiger partial charge on any atom is 0.394 e. The van der Waals surface area contributed by atoms with E-state index in [9.17, 15) is 18.0 Å². The average molecular weight is 380 g/mol. The van der Waals surface area contributed by atoms with Gasteiger partial charge < -0.3 is 15.0 Å². The number of urea groups is 1. The fourth-order valence-electron chi connectivity index (χ4n) is 3.26. The molecule has 2 heterocycles. The number of carbonyl (C=O) groups is 1. The Morgan fingerprint density at radius 1 is 1.22 bits per heavy atom. The first-order chi connectivity index (χ1) is 12.7. The van der Waals surface area contributed by atoms with Crippen molar-refractivity contribution in [2.24, 2.45) is 5.92 Å². The fraction of sp³-hybridized carbons (Fsp3) is 0.389. The van der Waals surface area contributed by atoms with Crippen LogP contribution in [0, 0.1) is 5.92 Å². The van der Waals surface area contributed by atoms with Crippen LogP contribution in [-0.2, 0) is 0 Å². The molecule has 3 rings (SSSR count). The van der Waals surface area contributed by atoms with Crippen molar-refractivity contribution >= 4 is 11.7 Å². The monoisotopic (exact) mass is 380 g/mol. The Kier molecular flexibility index (Phi) is 4.95. The van der Waals surface area contributed by atoms with E-state index in [4.69, 9.17) is 4.74 Å². The van der Waals surface area contributed by atoms with Gasteiger partial charge in [0.25, 0.3) is 0 Å². The molecule has 144 valence electrons. The summed E-state index contributed by atoms with van der Waals surface area (Å²) in [6.45, 7) is 2.93. The van der Waals surface area contributed by atoms with E-state index in [1.807, 2.05) is 0 Å². The Balaban J connectivity index is 1.64. The highest BCUT2D eigenvalue weighted by atomic mass is 19.4. The van der Waals surface area contributed by atoms with Gasteiger partial charge in [0.05, 0.1) is 11.5 Å². The summed E-state index contributed by atoms with van der Waals surface area (Å²) in [6.07, 6.45) is -1.35. The van der Waals surface area contributed by atoms with E-state index in [0.717, 1.165) is 0 Å². The summed E-state index contributed by atoms with van der Waals surface area (Å²) in [5.41, 5.74) is -0.858. The number of halogens is 3. The second-order valence-electron chi connectivity index (χ2n) is 6.78. The van der Waals surface area contributed by atoms with Crippen molar-refractivity contribution in [3.63, 3.8) is 0 Å². The predicted molar refractivity (Wildman–Crippen MR) is 92.5 cm³/mol. The Bertz CT molecular complexity index is 795. The van der Waals surface area contributed by atoms with Crippen LogP contribution in [0.5, 0.6) is 11.8 Å². The zero-order valence-electron chi connectivity index (χ0n) is 14.8. The first-order valence-electron chi connectivity index (χ1n) is 8.38. The van der Waals surface area contributed by atoms with Gasteiger partial charge in [-0.15, -0.1) is 0 Å². The lowest BCUT2D eigenvalue weighted by Crippen LogP contribution is -2.51. The van der Waals surface area contributed by atoms with Crippen molar-refractivity contribution in [3.8, 4) is 11.8 Å². The summed E-state index contributed by atoms with van der Waals surface area (Å²) in [6, 6.07) is 7.70. The van der Waals surface area contributed by atoms with Gasteiger partial charge in [0.15, 0.2) is 0 Å². The molecule has 1 aromatic carbocycles. The molecule has 1 fully saturated rings. The molecule has 1 aromatic heterocycles. The summed E-state index contributed by atoms with van der Waals surface area (Å²) in [7, 11) is 0. The topological polar surface area (TPSA) is 67.4 Å². The number of amides is 2. The predicted octanol–water partition coefficient (Wildman–Crippen LogP) is 4.46. The first kappa shape index (κ1) is 18.9. The second kappa shape index (κ2) is 7.05. The molecule has 0 saturated carbocycles. The van der Waals surface area contributed by atoms with Gasteiger partial charge in [-0.25, -0.2) is 14.8 Å². The largest absolute Gasteiger partial charge is 0.424 e. The molecular weight excluding hydrogens is 361 g/mol. The lowest BCUT2D eigenvalue weighted by atomic mass is 9.88. The summed E-state index contributed by atoms with van der Waals surface area (Å²) < 4.78 is 44.9. The van der Waals surface area contributed by atoms with Gasteiger partial charge in [0.1, 0.15) is 5.75 Å². The molecule has 1 aliphatic rings. The number of likely N-dealkylation sites (tertiary alicyclic amines) is 1. The van der Waals surface area contributed by atoms with Crippen LogP contribution < -0.4 is 10.1 Å². The first-order valence-corrected chi connectivity index (χ1v) is 8.38. The van der Waals surface area contributed by atoms with Crippen LogP contribution in [0.2, 0.25) is 0 Å². The highest BCUT2D eigenvalue weighted by molar-refractivity contribution is 5.90. The molecular formula is C18H19F3N4O2. The second-order valence-corrected chi connectivity index (χ2v) is 6.78. The number of rotatable bonds is 3. The molecule has 2 aromatic rings. The van der Waals surface area contributed by atoms with Crippen LogP contribution in [-0.4, -0.2) is 39.2 Å². The fourth-order valence-corrected chi connectivity index (χ4v) is 3.26. The van der Waals surface area contributed by atoms with Gasteiger partial charge in [0.2, 0.25) is 0 Å². The minimum atomic E-state index is -4.34. The van der Waals surface area contributed by atoms with Crippen molar-refractivity contribution in [1.29, 1.82) is 0 Å². The maximum absolute atomic E-state index is 13.2. The lowest BCUT2D eigenvalue weighted by Gasteiger charge is -2.36. The van der Waals surface area contributed by atoms with E-state index >= 15 is 0 Å². The maximum atomic E-state index is 13.2. The molecule has 1 aliphatic heterocycles. The molecule has 1 atom stereocenters. The van der Waals surface area contributed by atoms with E-state index < -0.39 is 23.7 Å². The van der Waals surface area contributed by atoms with Crippen molar-refractivity contribution in [3.05, 3.63) is 42.7 Å². The summed E-state index contributed by atoms with van der Waals surface area (Å²) in [4.78, 5) is 21.6. The van der Waals surface area contributed by atoms with Crippen molar-refractivity contribution < 1.29 is 22.7 Å². The van der Waals surface area contributed by atoms with Gasteiger partial charge in [-0.1, -0.05) is 0 Å². The molecule has 1 saturated heterocycles. The third-order valence-corrected chi connectivity index (χ3v) is 4.69. The Morgan fingerprint density at radius 2 is 1.85 bits per heavy atom. The zero-order valence-corrected chi connectivity index (χ0v) is 14.8. The standard InChI is InChI=1S/C18H19F3N4O2/c1-17(2)14(18(19,20)21)8-11-25(17)16(26)24-12-4-6-13(7-5-12)27-15-22-9-3-10-23-15/h3-7,9-10,14H,8,11H2,1-2H3,(H,24,26)/t14-/m1/s1. The summed E-state index contributed by atoms with van der Waals surface area (Å²) in [5, 5.41) is 2.64. The van der Waals surface area contributed by atoms with Gasteiger partial charge in [-0.05, 0) is 50.6 Å². The number of alkyl halides is 3. The van der Waals surface area contributed by atoms with Crippen molar-refractivity contribution in [2.75, 3.05) is 11.9 Å². The van der Waals surface area contributed by atoms with Crippen LogP contribution in [0.4, 0.5) is 23.7 Å². The highest BCUT2D eigenvalue weighted by Gasteiger charge is 2.56. The number of nitrogens with one attached hydrogen (secondary N) is 1. The minimum absolute atomic E-state index is 0.0511. The Morgan fingerprint density at radius 3 is 2.41 bits per heavy atom. The quantitative estimate of drug-likeness (QED) is 0.854. The van der Waals surface area contributed by atoms with Crippen LogP contribution >= 0.6 is 0 Å². The summed E-state index contributed by atoms with van der Waals surface area (Å²) >= 11 is 0. The molecule has 0 radical (unpaired) electrons. The van der Waals surface area contributed by atoms with Crippen molar-refractivity contribution in [1.82, 2.24) is 14.9 Å². The molecule has 6 nitrogen and oxygen atoms in total. The summed E-state index contributed by atoms with van der Waals surface area (Å²) in [5.74, 6) is -1.07. The lowest BCUT2D eigenvalue weighted by molar-refractivity contribution is -0.189. The van der Waals surface area contributed by atoms with E-state index in [1.165, 1.54) is 18.7 Å². The molecule has 0 unspecified atom stereocenters. The van der Waals surface area contributed by atoms with Gasteiger partial charge in [0, 0.05) is 24.6 Å². The van der Waals surface area contributed by atoms with Gasteiger partial charge in [-0.3, -0.25) is 0 Å². The average Bonchev–Trinajstić information content (AvgIpc) is 2.93. The van der Waals surface area contributed by atoms with E-state index in [1.54, 1.807) is 42.7 Å². The number of nitrogens with zero attached hydrogens (tertiary/aromatic N) is 3. The molecule has 0 spiro atoms. The molecule has 0 bridgehead atoms. The minimum Gasteiger partial charge on any atom is -0.424 e. The third-order valence-electron chi connectivity index (χ3n) is 4.69. The molecule has 1 N–H and O–H groups in total. The zero-order chi connectivity index (χ0) is 19.7. The number of ether oxygens (including phenoxy) is 1. The van der Waals surface area contributed by atoms with E-state index in [-0.39, 0.29) is 19.0 Å². The van der Waals surface area contributed by atoms with Gasteiger partial charge in [-0.2, -0.15) is 13.2 Å². The SMILES string of the molecule is CC1(C)[C@H](C(F)(F)F)CCN1C(=O)Nc1ccc(Oc2ncccn2)cc1. The smallest absolute Gasteiger partial charge is 0.394 e. The molecule has 9 heteroatoms. The molecule has 0 aliphatic carbocycles.